The molecule has 0 aliphatic carbocycles. The standard InChI is InChI=1S/C18H18N6O/c1-13-16(18(23(2)21-13)24-12-6-11-19-24)17-20-15(22-25-17)10-9-14-7-4-3-5-8-14/h3-8,11-12H,9-10H2,1-2H3. The molecule has 0 fully saturated rings. The summed E-state index contributed by atoms with van der Waals surface area (Å²) in [6.45, 7) is 1.93. The van der Waals surface area contributed by atoms with E-state index in [0.717, 1.165) is 29.9 Å². The van der Waals surface area contributed by atoms with Gasteiger partial charge < -0.3 is 4.52 Å². The molecule has 0 amide bonds. The summed E-state index contributed by atoms with van der Waals surface area (Å²) < 4.78 is 9.04. The van der Waals surface area contributed by atoms with E-state index < -0.39 is 0 Å². The van der Waals surface area contributed by atoms with E-state index in [1.807, 2.05) is 44.4 Å². The molecule has 0 aliphatic rings. The zero-order valence-corrected chi connectivity index (χ0v) is 14.1. The van der Waals surface area contributed by atoms with Crippen LogP contribution in [0.1, 0.15) is 17.1 Å². The predicted molar refractivity (Wildman–Crippen MR) is 92.2 cm³/mol. The maximum Gasteiger partial charge on any atom is 0.263 e. The molecule has 0 unspecified atom stereocenters. The van der Waals surface area contributed by atoms with Crippen LogP contribution in [0, 0.1) is 6.92 Å². The van der Waals surface area contributed by atoms with Crippen LogP contribution in [0.5, 0.6) is 0 Å². The molecule has 126 valence electrons. The molecule has 4 rings (SSSR count). The topological polar surface area (TPSA) is 74.6 Å². The lowest BCUT2D eigenvalue weighted by Gasteiger charge is -2.03. The Labute approximate surface area is 144 Å². The van der Waals surface area contributed by atoms with E-state index in [4.69, 9.17) is 4.52 Å². The van der Waals surface area contributed by atoms with Gasteiger partial charge in [0.2, 0.25) is 0 Å². The number of aromatic nitrogens is 6. The molecule has 0 saturated heterocycles. The summed E-state index contributed by atoms with van der Waals surface area (Å²) in [5.41, 5.74) is 2.89. The fourth-order valence-electron chi connectivity index (χ4n) is 2.91. The summed E-state index contributed by atoms with van der Waals surface area (Å²) in [6.07, 6.45) is 5.19. The number of hydrogen-bond donors (Lipinski definition) is 0. The van der Waals surface area contributed by atoms with Gasteiger partial charge in [-0.3, -0.25) is 0 Å². The first-order valence-corrected chi connectivity index (χ1v) is 8.13. The Balaban J connectivity index is 1.62. The number of rotatable bonds is 5. The van der Waals surface area contributed by atoms with Crippen LogP contribution in [0.4, 0.5) is 0 Å². The van der Waals surface area contributed by atoms with Gasteiger partial charge in [0, 0.05) is 25.9 Å². The molecule has 1 aromatic carbocycles. The highest BCUT2D eigenvalue weighted by molar-refractivity contribution is 5.66. The first-order chi connectivity index (χ1) is 12.2. The zero-order valence-electron chi connectivity index (χ0n) is 14.1. The Hall–Kier alpha value is -3.22. The third-order valence-corrected chi connectivity index (χ3v) is 4.08. The third kappa shape index (κ3) is 2.96. The Kier molecular flexibility index (Phi) is 3.89. The van der Waals surface area contributed by atoms with Crippen molar-refractivity contribution in [1.29, 1.82) is 0 Å². The van der Waals surface area contributed by atoms with Crippen LogP contribution in [0.15, 0.2) is 53.3 Å². The van der Waals surface area contributed by atoms with Crippen molar-refractivity contribution in [3.8, 4) is 17.3 Å². The first-order valence-electron chi connectivity index (χ1n) is 8.13. The number of benzene rings is 1. The molecule has 0 spiro atoms. The summed E-state index contributed by atoms with van der Waals surface area (Å²) >= 11 is 0. The van der Waals surface area contributed by atoms with E-state index >= 15 is 0 Å². The van der Waals surface area contributed by atoms with Crippen LogP contribution in [-0.2, 0) is 19.9 Å². The molecule has 0 radical (unpaired) electrons. The van der Waals surface area contributed by atoms with Crippen molar-refractivity contribution in [1.82, 2.24) is 29.7 Å². The highest BCUT2D eigenvalue weighted by atomic mass is 16.5. The smallest absolute Gasteiger partial charge is 0.263 e. The SMILES string of the molecule is Cc1nn(C)c(-n2cccn2)c1-c1nc(CCc2ccccc2)no1. The van der Waals surface area contributed by atoms with Crippen molar-refractivity contribution in [3.05, 3.63) is 65.9 Å². The summed E-state index contributed by atoms with van der Waals surface area (Å²) in [5.74, 6) is 1.97. The van der Waals surface area contributed by atoms with E-state index in [-0.39, 0.29) is 0 Å². The van der Waals surface area contributed by atoms with Crippen LogP contribution < -0.4 is 0 Å². The quantitative estimate of drug-likeness (QED) is 0.561. The Morgan fingerprint density at radius 1 is 1.08 bits per heavy atom. The van der Waals surface area contributed by atoms with E-state index in [2.05, 4.69) is 32.5 Å². The third-order valence-electron chi connectivity index (χ3n) is 4.08. The van der Waals surface area contributed by atoms with Crippen molar-refractivity contribution in [2.45, 2.75) is 19.8 Å². The molecule has 0 aliphatic heterocycles. The van der Waals surface area contributed by atoms with Gasteiger partial charge in [-0.05, 0) is 25.0 Å². The van der Waals surface area contributed by atoms with Gasteiger partial charge in [-0.1, -0.05) is 35.5 Å². The summed E-state index contributed by atoms with van der Waals surface area (Å²) in [5, 5.41) is 12.9. The van der Waals surface area contributed by atoms with Crippen LogP contribution in [-0.4, -0.2) is 29.7 Å². The van der Waals surface area contributed by atoms with E-state index in [9.17, 15) is 0 Å². The number of nitrogens with zero attached hydrogens (tertiary/aromatic N) is 6. The number of hydrogen-bond acceptors (Lipinski definition) is 5. The summed E-state index contributed by atoms with van der Waals surface area (Å²) in [4.78, 5) is 4.57. The molecule has 3 heterocycles. The normalized spacial score (nSPS) is 11.1. The van der Waals surface area contributed by atoms with E-state index in [1.54, 1.807) is 15.6 Å². The first kappa shape index (κ1) is 15.3. The summed E-state index contributed by atoms with van der Waals surface area (Å²) in [6, 6.07) is 12.1. The Morgan fingerprint density at radius 3 is 2.68 bits per heavy atom. The van der Waals surface area contributed by atoms with Gasteiger partial charge in [0.25, 0.3) is 5.89 Å². The van der Waals surface area contributed by atoms with Crippen molar-refractivity contribution in [2.24, 2.45) is 7.05 Å². The van der Waals surface area contributed by atoms with Gasteiger partial charge in [-0.15, -0.1) is 0 Å². The average molecular weight is 334 g/mol. The molecule has 0 saturated carbocycles. The fourth-order valence-corrected chi connectivity index (χ4v) is 2.91. The van der Waals surface area contributed by atoms with Gasteiger partial charge in [0.15, 0.2) is 11.6 Å². The van der Waals surface area contributed by atoms with Gasteiger partial charge >= 0.3 is 0 Å². The second-order valence-corrected chi connectivity index (χ2v) is 5.86. The van der Waals surface area contributed by atoms with Crippen LogP contribution in [0.3, 0.4) is 0 Å². The van der Waals surface area contributed by atoms with Crippen LogP contribution in [0.25, 0.3) is 17.3 Å². The minimum absolute atomic E-state index is 0.471. The van der Waals surface area contributed by atoms with E-state index in [0.29, 0.717) is 11.7 Å². The van der Waals surface area contributed by atoms with Gasteiger partial charge in [-0.2, -0.15) is 15.2 Å². The zero-order chi connectivity index (χ0) is 17.2. The maximum absolute atomic E-state index is 5.52. The number of aryl methyl sites for hydroxylation is 4. The van der Waals surface area contributed by atoms with E-state index in [1.165, 1.54) is 5.56 Å². The van der Waals surface area contributed by atoms with Crippen LogP contribution in [0.2, 0.25) is 0 Å². The molecule has 0 atom stereocenters. The second-order valence-electron chi connectivity index (χ2n) is 5.86. The largest absolute Gasteiger partial charge is 0.334 e. The molecule has 3 aromatic heterocycles. The van der Waals surface area contributed by atoms with Gasteiger partial charge in [0.05, 0.1) is 5.69 Å². The van der Waals surface area contributed by atoms with Crippen molar-refractivity contribution in [2.75, 3.05) is 0 Å². The molecule has 4 aromatic rings. The lowest BCUT2D eigenvalue weighted by molar-refractivity contribution is 0.422. The van der Waals surface area contributed by atoms with Gasteiger partial charge in [0.1, 0.15) is 5.56 Å². The maximum atomic E-state index is 5.52. The minimum Gasteiger partial charge on any atom is -0.334 e. The highest BCUT2D eigenvalue weighted by Crippen LogP contribution is 2.28. The fraction of sp³-hybridized carbons (Fsp3) is 0.222. The molecule has 0 bridgehead atoms. The van der Waals surface area contributed by atoms with Crippen molar-refractivity contribution in [3.63, 3.8) is 0 Å². The molecule has 25 heavy (non-hydrogen) atoms. The second kappa shape index (κ2) is 6.35. The predicted octanol–water partition coefficient (Wildman–Crippen LogP) is 2.75. The molecule has 7 heteroatoms. The van der Waals surface area contributed by atoms with Crippen LogP contribution >= 0.6 is 0 Å². The molecule has 0 N–H and O–H groups in total. The lowest BCUT2D eigenvalue weighted by Crippen LogP contribution is -2.04. The van der Waals surface area contributed by atoms with Gasteiger partial charge in [-0.25, -0.2) is 9.36 Å². The molecular formula is C18H18N6O. The minimum atomic E-state index is 0.471. The summed E-state index contributed by atoms with van der Waals surface area (Å²) in [7, 11) is 1.88. The highest BCUT2D eigenvalue weighted by Gasteiger charge is 2.22. The molecule has 7 nitrogen and oxygen atoms in total. The average Bonchev–Trinajstić information content (AvgIpc) is 3.34. The van der Waals surface area contributed by atoms with Crippen molar-refractivity contribution >= 4 is 0 Å². The van der Waals surface area contributed by atoms with Crippen molar-refractivity contribution < 1.29 is 4.52 Å². The monoisotopic (exact) mass is 334 g/mol. The Morgan fingerprint density at radius 2 is 1.92 bits per heavy atom. The lowest BCUT2D eigenvalue weighted by atomic mass is 10.1. The molecular weight excluding hydrogens is 316 g/mol. The Bertz CT molecular complexity index is 969.